The molecule has 1 rings (SSSR count). The third-order valence-corrected chi connectivity index (χ3v) is 22.8. The molecule has 0 aromatic carbocycles. The quantitative estimate of drug-likeness (QED) is 0.0322. The largest absolute Gasteiger partial charge is 0.391 e. The number of unbranched alkanes of at least 4 members (excludes halogenated alkanes) is 53. The summed E-state index contributed by atoms with van der Waals surface area (Å²) in [4.78, 5) is 88.4. The lowest BCUT2D eigenvalue weighted by Gasteiger charge is -2.40. The number of β-amino-alcohol motifs (C(OH)–C–C–N with tert-alkyl or cyclic N) is 1. The molecule has 0 bridgehead atoms. The van der Waals surface area contributed by atoms with Gasteiger partial charge in [0.15, 0.2) is 0 Å². The Morgan fingerprint density at radius 3 is 0.813 bits per heavy atom. The first-order valence-corrected chi connectivity index (χ1v) is 47.3. The zero-order valence-electron chi connectivity index (χ0n) is 71.6. The number of nitrogens with one attached hydrogen (secondary N) is 5. The normalized spacial score (nSPS) is 14.2. The minimum absolute atomic E-state index is 0.0406. The highest BCUT2D eigenvalue weighted by Crippen LogP contribution is 2.23. The van der Waals surface area contributed by atoms with Crippen LogP contribution in [0.15, 0.2) is 0 Å². The number of hydrogen-bond acceptors (Lipinski definition) is 9. The van der Waals surface area contributed by atoms with Gasteiger partial charge in [-0.25, -0.2) is 0 Å². The van der Waals surface area contributed by atoms with Crippen molar-refractivity contribution in [1.29, 1.82) is 0 Å². The first-order chi connectivity index (χ1) is 52.5. The van der Waals surface area contributed by atoms with Crippen LogP contribution in [0.3, 0.4) is 0 Å². The van der Waals surface area contributed by atoms with E-state index in [-0.39, 0.29) is 42.0 Å². The zero-order chi connectivity index (χ0) is 77.6. The number of aliphatic hydroxyl groups excluding tert-OH is 1. The highest BCUT2D eigenvalue weighted by atomic mass is 16.3. The standard InChI is InChI=1S/C92H180N8O7/c1-6-11-16-21-26-31-36-37-42-47-52-57-66-84(101)83-100-86(68-59-65-78-99(81-71-89(104)95-75-62-55-50-45-40-34-29-24-19-14-9-4)82-72-90(105)96-76-63-56-51-46-41-35-30-25-20-15-10-5)91(106)97-85(92(100)107)67-58-64-77-98(79-69-87(102)93-73-60-53-48-43-38-32-27-22-17-12-7-2)80-70-88(103)94-74-61-54-49-44-39-33-28-23-18-13-8-3/h84-86,101H,6-83H2,1-5H3,(H,93,102)(H,94,103)(H,95,104)(H,96,105)(H,97,106). The van der Waals surface area contributed by atoms with Gasteiger partial charge >= 0.3 is 0 Å². The lowest BCUT2D eigenvalue weighted by Crippen LogP contribution is -2.64. The fourth-order valence-electron chi connectivity index (χ4n) is 15.6. The number of rotatable bonds is 85. The lowest BCUT2D eigenvalue weighted by atomic mass is 9.97. The maximum atomic E-state index is 14.8. The molecule has 0 aliphatic carbocycles. The summed E-state index contributed by atoms with van der Waals surface area (Å²) in [6, 6.07) is -1.41. The number of hydrogen-bond donors (Lipinski definition) is 6. The van der Waals surface area contributed by atoms with Gasteiger partial charge in [0.05, 0.1) is 6.10 Å². The zero-order valence-corrected chi connectivity index (χ0v) is 71.6. The van der Waals surface area contributed by atoms with E-state index in [1.807, 2.05) is 0 Å². The topological polar surface area (TPSA) is 193 Å². The first-order valence-electron chi connectivity index (χ1n) is 47.3. The van der Waals surface area contributed by atoms with E-state index in [4.69, 9.17) is 0 Å². The highest BCUT2D eigenvalue weighted by molar-refractivity contribution is 5.97. The molecular weight excluding hydrogens is 1330 g/mol. The molecule has 0 radical (unpaired) electrons. The van der Waals surface area contributed by atoms with Crippen molar-refractivity contribution < 1.29 is 33.9 Å². The molecule has 0 spiro atoms. The van der Waals surface area contributed by atoms with E-state index < -0.39 is 18.2 Å². The van der Waals surface area contributed by atoms with Crippen molar-refractivity contribution >= 4 is 35.4 Å². The fraction of sp³-hybridized carbons (Fsp3) is 0.935. The van der Waals surface area contributed by atoms with E-state index in [2.05, 4.69) is 71.0 Å². The van der Waals surface area contributed by atoms with Crippen molar-refractivity contribution in [1.82, 2.24) is 41.3 Å². The molecule has 0 aromatic heterocycles. The van der Waals surface area contributed by atoms with Crippen LogP contribution >= 0.6 is 0 Å². The Bertz CT molecular complexity index is 1910. The van der Waals surface area contributed by atoms with E-state index in [1.165, 1.54) is 289 Å². The average molecular weight is 1510 g/mol. The molecule has 15 nitrogen and oxygen atoms in total. The Hall–Kier alpha value is -3.30. The molecule has 6 amide bonds. The van der Waals surface area contributed by atoms with Crippen LogP contribution in [-0.4, -0.2) is 145 Å². The van der Waals surface area contributed by atoms with E-state index in [0.717, 1.165) is 83.5 Å². The Morgan fingerprint density at radius 1 is 0.318 bits per heavy atom. The number of aliphatic hydroxyl groups is 1. The molecule has 1 fully saturated rings. The number of carbonyl (C=O) groups is 6. The molecule has 0 saturated carbocycles. The van der Waals surface area contributed by atoms with E-state index in [0.29, 0.717) is 123 Å². The molecule has 3 atom stereocenters. The van der Waals surface area contributed by atoms with Gasteiger partial charge in [-0.05, 0) is 83.7 Å². The average Bonchev–Trinajstić information content (AvgIpc) is 0.804. The van der Waals surface area contributed by atoms with Crippen LogP contribution in [0.4, 0.5) is 0 Å². The second-order valence-electron chi connectivity index (χ2n) is 33.1. The van der Waals surface area contributed by atoms with E-state index >= 15 is 0 Å². The maximum absolute atomic E-state index is 14.8. The van der Waals surface area contributed by atoms with Gasteiger partial charge in [0.1, 0.15) is 12.1 Å². The van der Waals surface area contributed by atoms with Crippen LogP contribution in [0.1, 0.15) is 465 Å². The summed E-state index contributed by atoms with van der Waals surface area (Å²) in [5.41, 5.74) is 0. The van der Waals surface area contributed by atoms with Gasteiger partial charge in [-0.15, -0.1) is 0 Å². The summed E-state index contributed by atoms with van der Waals surface area (Å²) in [5.74, 6) is -0.143. The minimum Gasteiger partial charge on any atom is -0.391 e. The summed E-state index contributed by atoms with van der Waals surface area (Å²) < 4.78 is 0. The van der Waals surface area contributed by atoms with E-state index in [1.54, 1.807) is 4.90 Å². The minimum atomic E-state index is -0.740. The third-order valence-electron chi connectivity index (χ3n) is 22.8. The predicted octanol–water partition coefficient (Wildman–Crippen LogP) is 22.3. The van der Waals surface area contributed by atoms with Crippen LogP contribution in [0, 0.1) is 0 Å². The number of piperazine rings is 1. The molecule has 1 aliphatic heterocycles. The Labute approximate surface area is 662 Å². The number of nitrogens with zero attached hydrogens (tertiary/aromatic N) is 3. The number of carbonyl (C=O) groups excluding carboxylic acids is 6. The van der Waals surface area contributed by atoms with Crippen LogP contribution in [0.2, 0.25) is 0 Å². The van der Waals surface area contributed by atoms with E-state index in [9.17, 15) is 33.9 Å². The smallest absolute Gasteiger partial charge is 0.245 e. The van der Waals surface area contributed by atoms with Gasteiger partial charge in [-0.2, -0.15) is 0 Å². The van der Waals surface area contributed by atoms with Gasteiger partial charge in [0.25, 0.3) is 0 Å². The molecule has 1 aliphatic rings. The Balaban J connectivity index is 3.08. The van der Waals surface area contributed by atoms with Crippen molar-refractivity contribution in [3.63, 3.8) is 0 Å². The van der Waals surface area contributed by atoms with Crippen LogP contribution in [0.5, 0.6) is 0 Å². The predicted molar refractivity (Wildman–Crippen MR) is 456 cm³/mol. The highest BCUT2D eigenvalue weighted by Gasteiger charge is 2.40. The van der Waals surface area contributed by atoms with Crippen molar-refractivity contribution in [3.8, 4) is 0 Å². The maximum Gasteiger partial charge on any atom is 0.245 e. The van der Waals surface area contributed by atoms with Crippen molar-refractivity contribution in [3.05, 3.63) is 0 Å². The molecule has 630 valence electrons. The Kier molecular flexibility index (Phi) is 75.4. The second-order valence-corrected chi connectivity index (χ2v) is 33.1. The SMILES string of the molecule is CCCCCCCCCCCCCCC(O)CN1C(=O)C(CCCCN(CCC(=O)NCCCCCCCCCCCCC)CCC(=O)NCCCCCCCCCCCCC)NC(=O)C1CCCCN(CCC(=O)NCCCCCCCCCCCCC)CCC(=O)NCCCCCCCCCCCCC. The fourth-order valence-corrected chi connectivity index (χ4v) is 15.6. The van der Waals surface area contributed by atoms with Crippen molar-refractivity contribution in [2.45, 2.75) is 483 Å². The summed E-state index contributed by atoms with van der Waals surface area (Å²) >= 11 is 0. The van der Waals surface area contributed by atoms with Crippen LogP contribution < -0.4 is 26.6 Å². The van der Waals surface area contributed by atoms with Crippen LogP contribution in [-0.2, 0) is 28.8 Å². The molecule has 15 heteroatoms. The van der Waals surface area contributed by atoms with Gasteiger partial charge in [0.2, 0.25) is 35.4 Å². The molecule has 0 aromatic rings. The van der Waals surface area contributed by atoms with Crippen molar-refractivity contribution in [2.24, 2.45) is 0 Å². The first kappa shape index (κ1) is 102. The monoisotopic (exact) mass is 1510 g/mol. The molecule has 1 saturated heterocycles. The molecule has 107 heavy (non-hydrogen) atoms. The third kappa shape index (κ3) is 67.0. The van der Waals surface area contributed by atoms with Gasteiger partial charge in [0, 0.05) is 84.6 Å². The van der Waals surface area contributed by atoms with Crippen molar-refractivity contribution in [2.75, 3.05) is 72.0 Å². The summed E-state index contributed by atoms with van der Waals surface area (Å²) in [5, 5.41) is 27.5. The summed E-state index contributed by atoms with van der Waals surface area (Å²) in [6.45, 7) is 17.7. The molecular formula is C92H180N8O7. The second kappa shape index (κ2) is 79.3. The van der Waals surface area contributed by atoms with Crippen LogP contribution in [0.25, 0.3) is 0 Å². The molecule has 6 N–H and O–H groups in total. The summed E-state index contributed by atoms with van der Waals surface area (Å²) in [6.07, 6.45) is 75.4. The van der Waals surface area contributed by atoms with Gasteiger partial charge in [-0.1, -0.05) is 369 Å². The summed E-state index contributed by atoms with van der Waals surface area (Å²) in [7, 11) is 0. The number of amides is 6. The van der Waals surface area contributed by atoms with Gasteiger partial charge in [-0.3, -0.25) is 28.8 Å². The molecule has 1 heterocycles. The van der Waals surface area contributed by atoms with Gasteiger partial charge < -0.3 is 46.4 Å². The molecule has 3 unspecified atom stereocenters. The lowest BCUT2D eigenvalue weighted by molar-refractivity contribution is -0.151. The Morgan fingerprint density at radius 2 is 0.551 bits per heavy atom.